The van der Waals surface area contributed by atoms with Crippen LogP contribution < -0.4 is 5.73 Å². The van der Waals surface area contributed by atoms with Gasteiger partial charge in [0, 0.05) is 6.54 Å². The molecule has 0 amide bonds. The van der Waals surface area contributed by atoms with Gasteiger partial charge < -0.3 is 10.7 Å². The Morgan fingerprint density at radius 3 is 2.73 bits per heavy atom. The summed E-state index contributed by atoms with van der Waals surface area (Å²) in [5, 5.41) is 0. The van der Waals surface area contributed by atoms with Crippen molar-refractivity contribution in [3.63, 3.8) is 0 Å². The molecule has 3 heteroatoms. The molecule has 0 bridgehead atoms. The van der Waals surface area contributed by atoms with E-state index < -0.39 is 0 Å². The lowest BCUT2D eigenvalue weighted by atomic mass is 10.1. The minimum absolute atomic E-state index is 0.0725. The van der Waals surface area contributed by atoms with Gasteiger partial charge in [0.25, 0.3) is 0 Å². The van der Waals surface area contributed by atoms with E-state index in [0.717, 1.165) is 13.0 Å². The van der Waals surface area contributed by atoms with E-state index in [1.54, 1.807) is 6.21 Å². The van der Waals surface area contributed by atoms with Crippen molar-refractivity contribution in [2.24, 2.45) is 21.6 Å². The van der Waals surface area contributed by atoms with Gasteiger partial charge in [0.2, 0.25) is 0 Å². The largest absolute Gasteiger partial charge is 0.310 e. The van der Waals surface area contributed by atoms with E-state index in [9.17, 15) is 0 Å². The minimum atomic E-state index is -0.0725. The van der Waals surface area contributed by atoms with Crippen molar-refractivity contribution >= 4 is 12.9 Å². The Morgan fingerprint density at radius 1 is 1.64 bits per heavy atom. The molecule has 0 aliphatic rings. The van der Waals surface area contributed by atoms with E-state index in [1.165, 1.54) is 0 Å². The topological polar surface area (TPSA) is 50.7 Å². The molecule has 0 rings (SSSR count). The fourth-order valence-corrected chi connectivity index (χ4v) is 0.960. The average molecular weight is 155 g/mol. The first kappa shape index (κ1) is 10.3. The molecule has 2 N–H and O–H groups in total. The maximum absolute atomic E-state index is 5.66. The van der Waals surface area contributed by atoms with Crippen LogP contribution in [-0.4, -0.2) is 25.6 Å². The fraction of sp³-hybridized carbons (Fsp3) is 0.750. The molecule has 0 aliphatic heterocycles. The van der Waals surface area contributed by atoms with Crippen LogP contribution in [0.3, 0.4) is 0 Å². The van der Waals surface area contributed by atoms with E-state index in [0.29, 0.717) is 5.92 Å². The Balaban J connectivity index is 3.55. The fourth-order valence-electron chi connectivity index (χ4n) is 0.960. The van der Waals surface area contributed by atoms with E-state index >= 15 is 0 Å². The van der Waals surface area contributed by atoms with Crippen molar-refractivity contribution in [2.75, 3.05) is 6.54 Å². The zero-order valence-corrected chi connectivity index (χ0v) is 7.33. The van der Waals surface area contributed by atoms with Gasteiger partial charge in [0.1, 0.15) is 0 Å². The predicted octanol–water partition coefficient (Wildman–Crippen LogP) is 1.09. The first-order valence-electron chi connectivity index (χ1n) is 3.86. The predicted molar refractivity (Wildman–Crippen MR) is 50.3 cm³/mol. The Bertz CT molecular complexity index is 131. The summed E-state index contributed by atoms with van der Waals surface area (Å²) in [6.07, 6.45) is 2.54. The van der Waals surface area contributed by atoms with Crippen molar-refractivity contribution in [3.05, 3.63) is 0 Å². The van der Waals surface area contributed by atoms with Crippen LogP contribution in [-0.2, 0) is 0 Å². The highest BCUT2D eigenvalue weighted by Crippen LogP contribution is 2.04. The molecule has 0 saturated heterocycles. The van der Waals surface area contributed by atoms with Gasteiger partial charge >= 0.3 is 0 Å². The minimum Gasteiger partial charge on any atom is -0.310 e. The van der Waals surface area contributed by atoms with E-state index in [-0.39, 0.29) is 6.17 Å². The first-order valence-corrected chi connectivity index (χ1v) is 3.86. The van der Waals surface area contributed by atoms with Gasteiger partial charge in [-0.25, -0.2) is 0 Å². The lowest BCUT2D eigenvalue weighted by Gasteiger charge is -2.10. The third-order valence-corrected chi connectivity index (χ3v) is 1.43. The summed E-state index contributed by atoms with van der Waals surface area (Å²) in [6.45, 7) is 8.16. The molecule has 11 heavy (non-hydrogen) atoms. The van der Waals surface area contributed by atoms with Crippen molar-refractivity contribution < 1.29 is 0 Å². The van der Waals surface area contributed by atoms with E-state index in [1.807, 2.05) is 6.92 Å². The van der Waals surface area contributed by atoms with Crippen LogP contribution in [0.5, 0.6) is 0 Å². The first-order chi connectivity index (χ1) is 5.20. The Kier molecular flexibility index (Phi) is 5.65. The molecule has 0 radical (unpaired) electrons. The number of nitrogens with zero attached hydrogens (tertiary/aromatic N) is 2. The maximum atomic E-state index is 5.66. The summed E-state index contributed by atoms with van der Waals surface area (Å²) in [5.74, 6) is 0.478. The second-order valence-electron chi connectivity index (χ2n) is 2.72. The monoisotopic (exact) mass is 155 g/mol. The second-order valence-corrected chi connectivity index (χ2v) is 2.72. The second kappa shape index (κ2) is 6.04. The smallest absolute Gasteiger partial charge is 0.0968 e. The van der Waals surface area contributed by atoms with Crippen molar-refractivity contribution in [1.29, 1.82) is 0 Å². The molecule has 0 aliphatic carbocycles. The van der Waals surface area contributed by atoms with Crippen LogP contribution in [0.25, 0.3) is 0 Å². The zero-order valence-electron chi connectivity index (χ0n) is 7.33. The van der Waals surface area contributed by atoms with E-state index in [2.05, 4.69) is 23.6 Å². The Hall–Kier alpha value is -0.700. The standard InChI is InChI=1S/C8H17N3/c1-4-11-8(9)5-7(2)6-10-3/h4,7-8H,3,5-6,9H2,1-2H3/t7-,8?/m1/s1. The third-order valence-electron chi connectivity index (χ3n) is 1.43. The molecule has 1 unspecified atom stereocenters. The zero-order chi connectivity index (χ0) is 8.69. The van der Waals surface area contributed by atoms with Gasteiger partial charge in [-0.15, -0.1) is 0 Å². The van der Waals surface area contributed by atoms with E-state index in [4.69, 9.17) is 5.73 Å². The summed E-state index contributed by atoms with van der Waals surface area (Å²) in [4.78, 5) is 7.83. The van der Waals surface area contributed by atoms with Gasteiger partial charge in [-0.1, -0.05) is 6.92 Å². The quantitative estimate of drug-likeness (QED) is 0.593. The molecule has 0 spiro atoms. The number of rotatable bonds is 5. The summed E-state index contributed by atoms with van der Waals surface area (Å²) >= 11 is 0. The summed E-state index contributed by atoms with van der Waals surface area (Å²) < 4.78 is 0. The summed E-state index contributed by atoms with van der Waals surface area (Å²) in [6, 6.07) is 0. The molecule has 0 aromatic heterocycles. The molecule has 0 saturated carbocycles. The summed E-state index contributed by atoms with van der Waals surface area (Å²) in [7, 11) is 0. The molecule has 0 fully saturated rings. The molecular formula is C8H17N3. The maximum Gasteiger partial charge on any atom is 0.0968 e. The van der Waals surface area contributed by atoms with Crippen LogP contribution in [0.15, 0.2) is 9.98 Å². The lowest BCUT2D eigenvalue weighted by molar-refractivity contribution is 0.484. The number of nitrogens with two attached hydrogens (primary N) is 1. The average Bonchev–Trinajstić information content (AvgIpc) is 1.87. The molecular weight excluding hydrogens is 138 g/mol. The molecule has 0 aromatic carbocycles. The Morgan fingerprint density at radius 2 is 2.27 bits per heavy atom. The normalized spacial score (nSPS) is 16.6. The SMILES string of the molecule is C=NC[C@H](C)CC(N)N=CC. The lowest BCUT2D eigenvalue weighted by Crippen LogP contribution is -2.21. The van der Waals surface area contributed by atoms with Gasteiger partial charge in [-0.2, -0.15) is 0 Å². The number of aliphatic imine (C=N–C) groups is 2. The number of hydrogen-bond donors (Lipinski definition) is 1. The van der Waals surface area contributed by atoms with Gasteiger partial charge in [0.15, 0.2) is 0 Å². The molecule has 2 atom stereocenters. The van der Waals surface area contributed by atoms with Gasteiger partial charge in [-0.3, -0.25) is 4.99 Å². The molecule has 0 heterocycles. The number of hydrogen-bond acceptors (Lipinski definition) is 3. The Labute approximate surface area is 68.4 Å². The highest BCUT2D eigenvalue weighted by Gasteiger charge is 2.05. The highest BCUT2D eigenvalue weighted by molar-refractivity contribution is 5.53. The van der Waals surface area contributed by atoms with Gasteiger partial charge in [0.05, 0.1) is 6.17 Å². The third kappa shape index (κ3) is 5.73. The molecule has 64 valence electrons. The van der Waals surface area contributed by atoms with Crippen molar-refractivity contribution in [1.82, 2.24) is 0 Å². The van der Waals surface area contributed by atoms with Crippen LogP contribution in [0.4, 0.5) is 0 Å². The van der Waals surface area contributed by atoms with Crippen LogP contribution in [0, 0.1) is 5.92 Å². The van der Waals surface area contributed by atoms with Crippen LogP contribution in [0.2, 0.25) is 0 Å². The molecule has 3 nitrogen and oxygen atoms in total. The van der Waals surface area contributed by atoms with Crippen molar-refractivity contribution in [2.45, 2.75) is 26.4 Å². The molecule has 0 aromatic rings. The van der Waals surface area contributed by atoms with Crippen molar-refractivity contribution in [3.8, 4) is 0 Å². The summed E-state index contributed by atoms with van der Waals surface area (Å²) in [5.41, 5.74) is 5.66. The highest BCUT2D eigenvalue weighted by atomic mass is 14.9. The van der Waals surface area contributed by atoms with Gasteiger partial charge in [-0.05, 0) is 32.2 Å². The van der Waals surface area contributed by atoms with Crippen LogP contribution >= 0.6 is 0 Å². The van der Waals surface area contributed by atoms with Crippen LogP contribution in [0.1, 0.15) is 20.3 Å².